The molecule has 1 saturated carbocycles. The molecule has 1 aromatic rings. The smallest absolute Gasteiger partial charge is 0.241 e. The minimum absolute atomic E-state index is 0.0246. The first kappa shape index (κ1) is 12.0. The Labute approximate surface area is 101 Å². The molecule has 1 aromatic heterocycles. The van der Waals surface area contributed by atoms with E-state index >= 15 is 0 Å². The molecule has 1 aliphatic carbocycles. The van der Waals surface area contributed by atoms with Crippen LogP contribution < -0.4 is 11.1 Å². The Balaban J connectivity index is 1.92. The quantitative estimate of drug-likeness (QED) is 0.819. The fourth-order valence-corrected chi connectivity index (χ4v) is 2.13. The fraction of sp³-hybridized carbons (Fsp3) is 0.667. The van der Waals surface area contributed by atoms with Gasteiger partial charge in [0.15, 0.2) is 0 Å². The second-order valence-electron chi connectivity index (χ2n) is 4.82. The largest absolute Gasteiger partial charge is 0.396 e. The average Bonchev–Trinajstić information content (AvgIpc) is 2.99. The molecular weight excluding hydrogens is 216 g/mol. The summed E-state index contributed by atoms with van der Waals surface area (Å²) in [6, 6.07) is 0.377. The highest BCUT2D eigenvalue weighted by Crippen LogP contribution is 2.32. The maximum absolute atomic E-state index is 11.8. The molecule has 0 radical (unpaired) electrons. The first-order valence-electron chi connectivity index (χ1n) is 6.11. The summed E-state index contributed by atoms with van der Waals surface area (Å²) in [4.78, 5) is 11.8. The Morgan fingerprint density at radius 2 is 2.29 bits per heavy atom. The summed E-state index contributed by atoms with van der Waals surface area (Å²) in [6.07, 6.45) is 2.25. The van der Waals surface area contributed by atoms with Crippen molar-refractivity contribution < 1.29 is 4.79 Å². The van der Waals surface area contributed by atoms with Gasteiger partial charge in [0.1, 0.15) is 6.54 Å². The molecule has 2 atom stereocenters. The zero-order valence-corrected chi connectivity index (χ0v) is 10.7. The predicted octanol–water partition coefficient (Wildman–Crippen LogP) is 0.997. The Morgan fingerprint density at radius 3 is 2.76 bits per heavy atom. The number of anilines is 1. The van der Waals surface area contributed by atoms with E-state index in [-0.39, 0.29) is 12.5 Å². The molecular formula is C12H20N4O. The van der Waals surface area contributed by atoms with Crippen LogP contribution in [0.1, 0.15) is 31.2 Å². The molecule has 1 fully saturated rings. The molecule has 0 bridgehead atoms. The van der Waals surface area contributed by atoms with Gasteiger partial charge in [-0.05, 0) is 26.2 Å². The molecule has 5 heteroatoms. The van der Waals surface area contributed by atoms with Crippen molar-refractivity contribution in [2.24, 2.45) is 5.92 Å². The van der Waals surface area contributed by atoms with E-state index in [4.69, 9.17) is 5.73 Å². The molecule has 2 rings (SSSR count). The highest BCUT2D eigenvalue weighted by atomic mass is 16.2. The first-order valence-corrected chi connectivity index (χ1v) is 6.11. The van der Waals surface area contributed by atoms with Gasteiger partial charge >= 0.3 is 0 Å². The van der Waals surface area contributed by atoms with E-state index in [0.29, 0.717) is 17.6 Å². The third-order valence-electron chi connectivity index (χ3n) is 3.52. The number of aryl methyl sites for hydroxylation is 1. The van der Waals surface area contributed by atoms with E-state index in [0.717, 1.165) is 24.2 Å². The second-order valence-corrected chi connectivity index (χ2v) is 4.82. The minimum Gasteiger partial charge on any atom is -0.396 e. The van der Waals surface area contributed by atoms with Gasteiger partial charge < -0.3 is 11.1 Å². The second kappa shape index (κ2) is 4.39. The Bertz CT molecular complexity index is 438. The lowest BCUT2D eigenvalue weighted by molar-refractivity contribution is -0.122. The van der Waals surface area contributed by atoms with Crippen LogP contribution in [0.3, 0.4) is 0 Å². The molecule has 2 unspecified atom stereocenters. The molecule has 17 heavy (non-hydrogen) atoms. The SMILES string of the molecule is CCC1CC1NC(=O)Cn1nc(C)c(N)c1C. The van der Waals surface area contributed by atoms with E-state index in [1.54, 1.807) is 4.68 Å². The van der Waals surface area contributed by atoms with Gasteiger partial charge in [-0.3, -0.25) is 9.48 Å². The van der Waals surface area contributed by atoms with E-state index in [1.807, 2.05) is 13.8 Å². The van der Waals surface area contributed by atoms with Crippen molar-refractivity contribution in [3.8, 4) is 0 Å². The number of hydrogen-bond acceptors (Lipinski definition) is 3. The zero-order chi connectivity index (χ0) is 12.6. The maximum Gasteiger partial charge on any atom is 0.241 e. The van der Waals surface area contributed by atoms with Crippen LogP contribution in [0.4, 0.5) is 5.69 Å². The van der Waals surface area contributed by atoms with Crippen molar-refractivity contribution >= 4 is 11.6 Å². The molecule has 0 aromatic carbocycles. The van der Waals surface area contributed by atoms with Gasteiger partial charge in [0, 0.05) is 6.04 Å². The number of amides is 1. The maximum atomic E-state index is 11.8. The van der Waals surface area contributed by atoms with Crippen molar-refractivity contribution in [2.75, 3.05) is 5.73 Å². The Kier molecular flexibility index (Phi) is 3.09. The summed E-state index contributed by atoms with van der Waals surface area (Å²) < 4.78 is 1.67. The molecule has 0 spiro atoms. The minimum atomic E-state index is 0.0246. The number of nitrogens with zero attached hydrogens (tertiary/aromatic N) is 2. The molecule has 94 valence electrons. The van der Waals surface area contributed by atoms with E-state index < -0.39 is 0 Å². The number of nitrogens with two attached hydrogens (primary N) is 1. The van der Waals surface area contributed by atoms with Crippen molar-refractivity contribution in [1.29, 1.82) is 0 Å². The third-order valence-corrected chi connectivity index (χ3v) is 3.52. The lowest BCUT2D eigenvalue weighted by Gasteiger charge is -2.06. The van der Waals surface area contributed by atoms with Crippen LogP contribution in [0, 0.1) is 19.8 Å². The van der Waals surface area contributed by atoms with Crippen LogP contribution in [0.15, 0.2) is 0 Å². The molecule has 3 N–H and O–H groups in total. The number of nitrogen functional groups attached to an aromatic ring is 1. The summed E-state index contributed by atoms with van der Waals surface area (Å²) in [5, 5.41) is 7.27. The van der Waals surface area contributed by atoms with Crippen molar-refractivity contribution in [2.45, 2.75) is 46.2 Å². The molecule has 1 aliphatic rings. The Hall–Kier alpha value is -1.52. The fourth-order valence-electron chi connectivity index (χ4n) is 2.13. The highest BCUT2D eigenvalue weighted by Gasteiger charge is 2.36. The lowest BCUT2D eigenvalue weighted by Crippen LogP contribution is -2.31. The number of nitrogens with one attached hydrogen (secondary N) is 1. The van der Waals surface area contributed by atoms with E-state index in [2.05, 4.69) is 17.3 Å². The van der Waals surface area contributed by atoms with Crippen LogP contribution in [-0.2, 0) is 11.3 Å². The predicted molar refractivity (Wildman–Crippen MR) is 66.4 cm³/mol. The van der Waals surface area contributed by atoms with Crippen LogP contribution in [0.5, 0.6) is 0 Å². The van der Waals surface area contributed by atoms with Gasteiger partial charge in [-0.25, -0.2) is 0 Å². The van der Waals surface area contributed by atoms with Crippen LogP contribution in [0.25, 0.3) is 0 Å². The number of aromatic nitrogens is 2. The van der Waals surface area contributed by atoms with Crippen LogP contribution >= 0.6 is 0 Å². The number of rotatable bonds is 4. The van der Waals surface area contributed by atoms with Crippen LogP contribution in [0.2, 0.25) is 0 Å². The van der Waals surface area contributed by atoms with Gasteiger partial charge in [0.25, 0.3) is 0 Å². The van der Waals surface area contributed by atoms with E-state index in [9.17, 15) is 4.79 Å². The molecule has 1 heterocycles. The van der Waals surface area contributed by atoms with Crippen LogP contribution in [-0.4, -0.2) is 21.7 Å². The van der Waals surface area contributed by atoms with Gasteiger partial charge in [0.05, 0.1) is 17.1 Å². The van der Waals surface area contributed by atoms with Gasteiger partial charge in [-0.2, -0.15) is 5.10 Å². The summed E-state index contributed by atoms with van der Waals surface area (Å²) in [6.45, 7) is 6.15. The summed E-state index contributed by atoms with van der Waals surface area (Å²) in [5.74, 6) is 0.695. The van der Waals surface area contributed by atoms with Crippen molar-refractivity contribution in [3.05, 3.63) is 11.4 Å². The van der Waals surface area contributed by atoms with Crippen molar-refractivity contribution in [3.63, 3.8) is 0 Å². The molecule has 1 amide bonds. The summed E-state index contributed by atoms with van der Waals surface area (Å²) in [7, 11) is 0. The molecule has 0 saturated heterocycles. The topological polar surface area (TPSA) is 72.9 Å². The molecule has 0 aliphatic heterocycles. The lowest BCUT2D eigenvalue weighted by atomic mass is 10.3. The first-order chi connectivity index (χ1) is 8.02. The number of hydrogen-bond donors (Lipinski definition) is 2. The van der Waals surface area contributed by atoms with E-state index in [1.165, 1.54) is 0 Å². The summed E-state index contributed by atoms with van der Waals surface area (Å²) in [5.41, 5.74) is 8.14. The van der Waals surface area contributed by atoms with Crippen molar-refractivity contribution in [1.82, 2.24) is 15.1 Å². The highest BCUT2D eigenvalue weighted by molar-refractivity contribution is 5.76. The number of carbonyl (C=O) groups is 1. The zero-order valence-electron chi connectivity index (χ0n) is 10.7. The van der Waals surface area contributed by atoms with Gasteiger partial charge in [-0.1, -0.05) is 13.3 Å². The third kappa shape index (κ3) is 2.43. The molecule has 5 nitrogen and oxygen atoms in total. The summed E-state index contributed by atoms with van der Waals surface area (Å²) >= 11 is 0. The monoisotopic (exact) mass is 236 g/mol. The Morgan fingerprint density at radius 1 is 1.59 bits per heavy atom. The number of carbonyl (C=O) groups excluding carboxylic acids is 1. The average molecular weight is 236 g/mol. The van der Waals surface area contributed by atoms with Gasteiger partial charge in [-0.15, -0.1) is 0 Å². The standard InChI is InChI=1S/C12H20N4O/c1-4-9-5-10(9)14-11(17)6-16-8(3)12(13)7(2)15-16/h9-10H,4-6,13H2,1-3H3,(H,14,17). The normalized spacial score (nSPS) is 22.5. The van der Waals surface area contributed by atoms with Gasteiger partial charge in [0.2, 0.25) is 5.91 Å².